The van der Waals surface area contributed by atoms with Gasteiger partial charge in [-0.2, -0.15) is 0 Å². The molecule has 0 aromatic heterocycles. The van der Waals surface area contributed by atoms with Crippen LogP contribution in [0.2, 0.25) is 0 Å². The Balaban J connectivity index is 2.46. The minimum atomic E-state index is -0.534. The van der Waals surface area contributed by atoms with Crippen LogP contribution in [0.3, 0.4) is 0 Å². The van der Waals surface area contributed by atoms with Gasteiger partial charge in [-0.1, -0.05) is 12.1 Å². The largest absolute Gasteiger partial charge is 0.497 e. The minimum Gasteiger partial charge on any atom is -0.497 e. The number of rotatable bonds is 6. The van der Waals surface area contributed by atoms with Crippen LogP contribution in [-0.4, -0.2) is 25.3 Å². The summed E-state index contributed by atoms with van der Waals surface area (Å²) in [6, 6.07) is 7.41. The zero-order valence-corrected chi connectivity index (χ0v) is 9.44. The van der Waals surface area contributed by atoms with Crippen molar-refractivity contribution >= 4 is 0 Å². The Labute approximate surface area is 96.4 Å². The molecule has 16 heavy (non-hydrogen) atoms. The minimum absolute atomic E-state index is 0.495. The van der Waals surface area contributed by atoms with E-state index in [1.165, 1.54) is 0 Å². The molecule has 0 fully saturated rings. The predicted molar refractivity (Wildman–Crippen MR) is 64.3 cm³/mol. The molecule has 0 aliphatic rings. The number of benzene rings is 1. The van der Waals surface area contributed by atoms with Crippen LogP contribution in [0.15, 0.2) is 24.3 Å². The average molecular weight is 219 g/mol. The van der Waals surface area contributed by atoms with Crippen molar-refractivity contribution in [1.29, 1.82) is 0 Å². The lowest BCUT2D eigenvalue weighted by Crippen LogP contribution is -2.22. The van der Waals surface area contributed by atoms with Crippen LogP contribution in [0.1, 0.15) is 18.1 Å². The van der Waals surface area contributed by atoms with Crippen molar-refractivity contribution in [1.82, 2.24) is 5.32 Å². The number of nitrogens with one attached hydrogen (secondary N) is 1. The van der Waals surface area contributed by atoms with E-state index in [1.807, 2.05) is 24.3 Å². The Morgan fingerprint density at radius 2 is 2.38 bits per heavy atom. The molecule has 0 saturated heterocycles. The maximum Gasteiger partial charge on any atom is 0.119 e. The highest BCUT2D eigenvalue weighted by Gasteiger charge is 2.07. The van der Waals surface area contributed by atoms with Gasteiger partial charge in [-0.25, -0.2) is 0 Å². The second-order valence-corrected chi connectivity index (χ2v) is 3.45. The Morgan fingerprint density at radius 3 is 3.06 bits per heavy atom. The average Bonchev–Trinajstić information content (AvgIpc) is 2.34. The maximum atomic E-state index is 9.87. The lowest BCUT2D eigenvalue weighted by molar-refractivity contribution is 0.175. The lowest BCUT2D eigenvalue weighted by Gasteiger charge is -2.12. The molecule has 3 heteroatoms. The molecular weight excluding hydrogens is 202 g/mol. The van der Waals surface area contributed by atoms with Crippen LogP contribution >= 0.6 is 0 Å². The van der Waals surface area contributed by atoms with Crippen molar-refractivity contribution in [3.05, 3.63) is 29.8 Å². The molecule has 0 saturated carbocycles. The van der Waals surface area contributed by atoms with Gasteiger partial charge in [0.15, 0.2) is 0 Å². The Kier molecular flexibility index (Phi) is 5.41. The molecule has 0 radical (unpaired) electrons. The van der Waals surface area contributed by atoms with Gasteiger partial charge in [0.25, 0.3) is 0 Å². The first kappa shape index (κ1) is 12.6. The molecule has 1 rings (SSSR count). The fourth-order valence-electron chi connectivity index (χ4n) is 1.37. The van der Waals surface area contributed by atoms with Gasteiger partial charge in [0.2, 0.25) is 0 Å². The van der Waals surface area contributed by atoms with Crippen molar-refractivity contribution in [3.63, 3.8) is 0 Å². The van der Waals surface area contributed by atoms with Gasteiger partial charge in [0.1, 0.15) is 5.75 Å². The van der Waals surface area contributed by atoms with Crippen molar-refractivity contribution in [2.75, 3.05) is 20.2 Å². The molecule has 0 spiro atoms. The zero-order chi connectivity index (χ0) is 11.8. The van der Waals surface area contributed by atoms with E-state index in [1.54, 1.807) is 7.11 Å². The number of hydrogen-bond donors (Lipinski definition) is 2. The van der Waals surface area contributed by atoms with Gasteiger partial charge >= 0.3 is 0 Å². The summed E-state index contributed by atoms with van der Waals surface area (Å²) >= 11 is 0. The van der Waals surface area contributed by atoms with Gasteiger partial charge in [-0.05, 0) is 17.7 Å². The Hall–Kier alpha value is -1.50. The highest BCUT2D eigenvalue weighted by Crippen LogP contribution is 2.18. The molecule has 0 amide bonds. The zero-order valence-electron chi connectivity index (χ0n) is 9.44. The van der Waals surface area contributed by atoms with Crippen molar-refractivity contribution in [2.45, 2.75) is 12.5 Å². The van der Waals surface area contributed by atoms with E-state index in [0.717, 1.165) is 17.9 Å². The monoisotopic (exact) mass is 219 g/mol. The first-order valence-corrected chi connectivity index (χ1v) is 5.24. The van der Waals surface area contributed by atoms with E-state index in [4.69, 9.17) is 11.2 Å². The van der Waals surface area contributed by atoms with E-state index >= 15 is 0 Å². The lowest BCUT2D eigenvalue weighted by atomic mass is 10.1. The second-order valence-electron chi connectivity index (χ2n) is 3.45. The molecule has 0 aliphatic carbocycles. The number of aliphatic hydroxyl groups is 1. The molecule has 0 aliphatic heterocycles. The SMILES string of the molecule is C#CCCNCC(O)c1cccc(OC)c1. The molecule has 1 aromatic carbocycles. The third kappa shape index (κ3) is 3.93. The van der Waals surface area contributed by atoms with Gasteiger partial charge in [0, 0.05) is 19.5 Å². The van der Waals surface area contributed by atoms with Crippen LogP contribution in [-0.2, 0) is 0 Å². The van der Waals surface area contributed by atoms with E-state index in [0.29, 0.717) is 13.0 Å². The molecule has 2 N–H and O–H groups in total. The third-order valence-electron chi connectivity index (χ3n) is 2.26. The summed E-state index contributed by atoms with van der Waals surface area (Å²) in [5.74, 6) is 3.29. The molecule has 1 unspecified atom stereocenters. The number of ether oxygens (including phenoxy) is 1. The van der Waals surface area contributed by atoms with Crippen molar-refractivity contribution in [3.8, 4) is 18.1 Å². The fourth-order valence-corrected chi connectivity index (χ4v) is 1.37. The molecule has 1 atom stereocenters. The molecule has 3 nitrogen and oxygen atoms in total. The first-order valence-electron chi connectivity index (χ1n) is 5.24. The van der Waals surface area contributed by atoms with Gasteiger partial charge < -0.3 is 15.2 Å². The maximum absolute atomic E-state index is 9.87. The number of methoxy groups -OCH3 is 1. The first-order chi connectivity index (χ1) is 7.77. The van der Waals surface area contributed by atoms with Gasteiger partial charge in [0.05, 0.1) is 13.2 Å². The molecule has 86 valence electrons. The van der Waals surface area contributed by atoms with Gasteiger partial charge in [-0.3, -0.25) is 0 Å². The molecule has 0 bridgehead atoms. The van der Waals surface area contributed by atoms with E-state index in [-0.39, 0.29) is 0 Å². The molecular formula is C13H17NO2. The van der Waals surface area contributed by atoms with E-state index < -0.39 is 6.10 Å². The molecule has 1 aromatic rings. The van der Waals surface area contributed by atoms with Crippen molar-refractivity contribution < 1.29 is 9.84 Å². The summed E-state index contributed by atoms with van der Waals surface area (Å²) in [5, 5.41) is 13.0. The highest BCUT2D eigenvalue weighted by molar-refractivity contribution is 5.29. The Morgan fingerprint density at radius 1 is 1.56 bits per heavy atom. The smallest absolute Gasteiger partial charge is 0.119 e. The Bertz CT molecular complexity index is 357. The third-order valence-corrected chi connectivity index (χ3v) is 2.26. The van der Waals surface area contributed by atoms with Crippen molar-refractivity contribution in [2.24, 2.45) is 0 Å². The van der Waals surface area contributed by atoms with E-state index in [2.05, 4.69) is 11.2 Å². The van der Waals surface area contributed by atoms with Gasteiger partial charge in [-0.15, -0.1) is 12.3 Å². The van der Waals surface area contributed by atoms with Crippen LogP contribution < -0.4 is 10.1 Å². The summed E-state index contributed by atoms with van der Waals surface area (Å²) in [6.45, 7) is 1.21. The molecule has 0 heterocycles. The highest BCUT2D eigenvalue weighted by atomic mass is 16.5. The van der Waals surface area contributed by atoms with Crippen LogP contribution in [0.5, 0.6) is 5.75 Å². The number of hydrogen-bond acceptors (Lipinski definition) is 3. The summed E-state index contributed by atoms with van der Waals surface area (Å²) in [6.07, 6.45) is 5.26. The quantitative estimate of drug-likeness (QED) is 0.560. The van der Waals surface area contributed by atoms with Crippen LogP contribution in [0.25, 0.3) is 0 Å². The normalized spacial score (nSPS) is 11.8. The topological polar surface area (TPSA) is 41.5 Å². The number of aliphatic hydroxyl groups excluding tert-OH is 1. The van der Waals surface area contributed by atoms with Crippen LogP contribution in [0.4, 0.5) is 0 Å². The standard InChI is InChI=1S/C13H17NO2/c1-3-4-8-14-10-13(15)11-6-5-7-12(9-11)16-2/h1,5-7,9,13-15H,4,8,10H2,2H3. The number of terminal acetylenes is 1. The summed E-state index contributed by atoms with van der Waals surface area (Å²) < 4.78 is 5.09. The summed E-state index contributed by atoms with van der Waals surface area (Å²) in [4.78, 5) is 0. The van der Waals surface area contributed by atoms with Crippen LogP contribution in [0, 0.1) is 12.3 Å². The van der Waals surface area contributed by atoms with E-state index in [9.17, 15) is 5.11 Å². The fraction of sp³-hybridized carbons (Fsp3) is 0.385. The second kappa shape index (κ2) is 6.89. The summed E-state index contributed by atoms with van der Waals surface area (Å²) in [7, 11) is 1.61. The summed E-state index contributed by atoms with van der Waals surface area (Å²) in [5.41, 5.74) is 0.840. The predicted octanol–water partition coefficient (Wildman–Crippen LogP) is 1.34.